The van der Waals surface area contributed by atoms with Gasteiger partial charge in [-0.15, -0.1) is 0 Å². The van der Waals surface area contributed by atoms with Crippen LogP contribution >= 0.6 is 11.6 Å². The number of benzene rings is 2. The Labute approximate surface area is 144 Å². The third kappa shape index (κ3) is 2.61. The Kier molecular flexibility index (Phi) is 3.67. The maximum atomic E-state index is 6.25. The van der Waals surface area contributed by atoms with Gasteiger partial charge < -0.3 is 5.32 Å². The van der Waals surface area contributed by atoms with E-state index in [4.69, 9.17) is 11.6 Å². The van der Waals surface area contributed by atoms with Gasteiger partial charge in [0.15, 0.2) is 0 Å². The zero-order chi connectivity index (χ0) is 16.5. The lowest BCUT2D eigenvalue weighted by Gasteiger charge is -2.10. The molecule has 5 heteroatoms. The van der Waals surface area contributed by atoms with Gasteiger partial charge in [0.25, 0.3) is 0 Å². The van der Waals surface area contributed by atoms with Crippen LogP contribution < -0.4 is 5.32 Å². The lowest BCUT2D eigenvalue weighted by molar-refractivity contribution is 1.11. The summed E-state index contributed by atoms with van der Waals surface area (Å²) in [4.78, 5) is 9.02. The van der Waals surface area contributed by atoms with Crippen LogP contribution in [0.4, 0.5) is 11.5 Å². The van der Waals surface area contributed by atoms with Gasteiger partial charge in [-0.25, -0.2) is 9.97 Å². The molecule has 0 fully saturated rings. The normalized spacial score (nSPS) is 10.9. The molecule has 1 N–H and O–H groups in total. The molecule has 2 heterocycles. The van der Waals surface area contributed by atoms with Gasteiger partial charge in [0.05, 0.1) is 0 Å². The summed E-state index contributed by atoms with van der Waals surface area (Å²) in [6.45, 7) is 1.99. The molecule has 0 atom stereocenters. The molecule has 0 bridgehead atoms. The average Bonchev–Trinajstić information content (AvgIpc) is 2.98. The second-order valence-electron chi connectivity index (χ2n) is 5.55. The molecule has 0 aliphatic heterocycles. The summed E-state index contributed by atoms with van der Waals surface area (Å²) in [5.41, 5.74) is 3.84. The second-order valence-corrected chi connectivity index (χ2v) is 5.96. The highest BCUT2D eigenvalue weighted by Gasteiger charge is 2.15. The predicted molar refractivity (Wildman–Crippen MR) is 97.9 cm³/mol. The molecule has 0 radical (unpaired) electrons. The minimum Gasteiger partial charge on any atom is -0.339 e. The molecule has 118 valence electrons. The first kappa shape index (κ1) is 14.7. The van der Waals surface area contributed by atoms with Crippen LogP contribution in [0.3, 0.4) is 0 Å². The summed E-state index contributed by atoms with van der Waals surface area (Å²) in [5, 5.41) is 4.17. The second kappa shape index (κ2) is 5.98. The van der Waals surface area contributed by atoms with Crippen LogP contribution in [0, 0.1) is 6.92 Å². The monoisotopic (exact) mass is 334 g/mol. The van der Waals surface area contributed by atoms with Crippen LogP contribution in [-0.2, 0) is 0 Å². The van der Waals surface area contributed by atoms with E-state index in [9.17, 15) is 0 Å². The molecule has 2 aromatic heterocycles. The van der Waals surface area contributed by atoms with Crippen molar-refractivity contribution in [2.45, 2.75) is 6.92 Å². The van der Waals surface area contributed by atoms with Crippen molar-refractivity contribution in [3.8, 4) is 11.3 Å². The first-order valence-electron chi connectivity index (χ1n) is 7.64. The summed E-state index contributed by atoms with van der Waals surface area (Å²) in [6, 6.07) is 17.9. The SMILES string of the molecule is Cc1ccc(Nc2c(-c3ccccc3)nc3ncccn23)cc1Cl. The molecular formula is C19H15ClN4. The molecule has 0 aliphatic rings. The number of fused-ring (bicyclic) bond motifs is 1. The lowest BCUT2D eigenvalue weighted by atomic mass is 10.1. The highest BCUT2D eigenvalue weighted by molar-refractivity contribution is 6.31. The highest BCUT2D eigenvalue weighted by Crippen LogP contribution is 2.31. The molecule has 0 spiro atoms. The molecule has 0 saturated heterocycles. The van der Waals surface area contributed by atoms with E-state index in [1.165, 1.54) is 0 Å². The van der Waals surface area contributed by atoms with Crippen LogP contribution in [0.1, 0.15) is 5.56 Å². The Morgan fingerprint density at radius 3 is 2.67 bits per heavy atom. The van der Waals surface area contributed by atoms with Crippen molar-refractivity contribution in [2.24, 2.45) is 0 Å². The van der Waals surface area contributed by atoms with Crippen molar-refractivity contribution >= 4 is 28.9 Å². The summed E-state index contributed by atoms with van der Waals surface area (Å²) in [7, 11) is 0. The predicted octanol–water partition coefficient (Wildman–Crippen LogP) is 5.10. The molecule has 4 nitrogen and oxygen atoms in total. The smallest absolute Gasteiger partial charge is 0.235 e. The van der Waals surface area contributed by atoms with Crippen molar-refractivity contribution < 1.29 is 0 Å². The van der Waals surface area contributed by atoms with Gasteiger partial charge in [-0.2, -0.15) is 0 Å². The number of aryl methyl sites for hydroxylation is 1. The molecule has 4 rings (SSSR count). The first-order chi connectivity index (χ1) is 11.7. The van der Waals surface area contributed by atoms with E-state index in [1.54, 1.807) is 6.20 Å². The Balaban J connectivity index is 1.87. The van der Waals surface area contributed by atoms with E-state index in [0.29, 0.717) is 5.78 Å². The molecule has 0 unspecified atom stereocenters. The number of nitrogens with zero attached hydrogens (tertiary/aromatic N) is 3. The Morgan fingerprint density at radius 1 is 1.04 bits per heavy atom. The van der Waals surface area contributed by atoms with Crippen molar-refractivity contribution in [2.75, 3.05) is 5.32 Å². The standard InChI is InChI=1S/C19H15ClN4/c1-13-8-9-15(12-16(13)20)22-18-17(14-6-3-2-4-7-14)23-19-21-10-5-11-24(18)19/h2-12,22H,1H3. The van der Waals surface area contributed by atoms with Gasteiger partial charge >= 0.3 is 0 Å². The van der Waals surface area contributed by atoms with Gasteiger partial charge in [0.2, 0.25) is 5.78 Å². The Bertz CT molecular complexity index is 1010. The fourth-order valence-electron chi connectivity index (χ4n) is 2.61. The van der Waals surface area contributed by atoms with Crippen molar-refractivity contribution in [1.29, 1.82) is 0 Å². The zero-order valence-corrected chi connectivity index (χ0v) is 13.8. The van der Waals surface area contributed by atoms with Crippen LogP contribution in [-0.4, -0.2) is 14.4 Å². The number of hydrogen-bond acceptors (Lipinski definition) is 3. The van der Waals surface area contributed by atoms with E-state index in [1.807, 2.05) is 72.1 Å². The topological polar surface area (TPSA) is 42.2 Å². The van der Waals surface area contributed by atoms with Gasteiger partial charge in [0.1, 0.15) is 11.5 Å². The van der Waals surface area contributed by atoms with Gasteiger partial charge in [-0.05, 0) is 30.7 Å². The van der Waals surface area contributed by atoms with Gasteiger partial charge in [-0.1, -0.05) is 48.0 Å². The largest absolute Gasteiger partial charge is 0.339 e. The quantitative estimate of drug-likeness (QED) is 0.566. The number of hydrogen-bond donors (Lipinski definition) is 1. The minimum absolute atomic E-state index is 0.650. The number of nitrogens with one attached hydrogen (secondary N) is 1. The van der Waals surface area contributed by atoms with Crippen LogP contribution in [0.25, 0.3) is 17.0 Å². The third-order valence-electron chi connectivity index (χ3n) is 3.89. The van der Waals surface area contributed by atoms with Crippen molar-refractivity contribution in [3.63, 3.8) is 0 Å². The zero-order valence-electron chi connectivity index (χ0n) is 13.1. The number of anilines is 2. The minimum atomic E-state index is 0.650. The molecule has 4 aromatic rings. The Hall–Kier alpha value is -2.85. The number of aromatic nitrogens is 3. The molecule has 0 saturated carbocycles. The average molecular weight is 335 g/mol. The summed E-state index contributed by atoms with van der Waals surface area (Å²) in [5.74, 6) is 1.52. The number of imidazole rings is 1. The lowest BCUT2D eigenvalue weighted by Crippen LogP contribution is -1.97. The van der Waals surface area contributed by atoms with E-state index < -0.39 is 0 Å². The van der Waals surface area contributed by atoms with Crippen molar-refractivity contribution in [1.82, 2.24) is 14.4 Å². The van der Waals surface area contributed by atoms with Gasteiger partial charge in [-0.3, -0.25) is 4.40 Å². The molecular weight excluding hydrogens is 320 g/mol. The molecule has 24 heavy (non-hydrogen) atoms. The number of rotatable bonds is 3. The maximum absolute atomic E-state index is 6.25. The fourth-order valence-corrected chi connectivity index (χ4v) is 2.79. The summed E-state index contributed by atoms with van der Waals surface area (Å²) in [6.07, 6.45) is 3.68. The fraction of sp³-hybridized carbons (Fsp3) is 0.0526. The molecule has 0 amide bonds. The van der Waals surface area contributed by atoms with E-state index in [0.717, 1.165) is 33.3 Å². The van der Waals surface area contributed by atoms with Crippen molar-refractivity contribution in [3.05, 3.63) is 77.6 Å². The van der Waals surface area contributed by atoms with Crippen LogP contribution in [0.15, 0.2) is 67.0 Å². The van der Waals surface area contributed by atoms with Crippen LogP contribution in [0.5, 0.6) is 0 Å². The third-order valence-corrected chi connectivity index (χ3v) is 4.29. The van der Waals surface area contributed by atoms with Gasteiger partial charge in [0, 0.05) is 28.7 Å². The highest BCUT2D eigenvalue weighted by atomic mass is 35.5. The molecule has 2 aromatic carbocycles. The molecule has 0 aliphatic carbocycles. The summed E-state index contributed by atoms with van der Waals surface area (Å²) < 4.78 is 1.94. The Morgan fingerprint density at radius 2 is 1.88 bits per heavy atom. The number of halogens is 1. The van der Waals surface area contributed by atoms with E-state index in [-0.39, 0.29) is 0 Å². The van der Waals surface area contributed by atoms with E-state index in [2.05, 4.69) is 15.3 Å². The first-order valence-corrected chi connectivity index (χ1v) is 8.02. The summed E-state index contributed by atoms with van der Waals surface area (Å²) >= 11 is 6.25. The maximum Gasteiger partial charge on any atom is 0.235 e. The van der Waals surface area contributed by atoms with Crippen LogP contribution in [0.2, 0.25) is 5.02 Å². The van der Waals surface area contributed by atoms with E-state index >= 15 is 0 Å².